The maximum Gasteiger partial charge on any atom is 0.227 e. The second-order valence-corrected chi connectivity index (χ2v) is 7.31. The van der Waals surface area contributed by atoms with Crippen LogP contribution in [-0.2, 0) is 35.6 Å². The van der Waals surface area contributed by atoms with Crippen LogP contribution in [0.25, 0.3) is 0 Å². The van der Waals surface area contributed by atoms with Gasteiger partial charge in [-0.05, 0) is 34.7 Å². The van der Waals surface area contributed by atoms with Crippen molar-refractivity contribution in [2.75, 3.05) is 11.4 Å². The van der Waals surface area contributed by atoms with E-state index in [1.165, 1.54) is 11.1 Å². The Morgan fingerprint density at radius 2 is 1.96 bits per heavy atom. The molecule has 1 atom stereocenters. The Hall–Kier alpha value is -2.37. The lowest BCUT2D eigenvalue weighted by molar-refractivity contribution is -0.126. The van der Waals surface area contributed by atoms with Crippen molar-refractivity contribution >= 4 is 29.9 Å². The highest BCUT2D eigenvalue weighted by Gasteiger charge is 2.35. The number of para-hydroxylation sites is 1. The molecule has 0 aromatic heterocycles. The molecule has 1 saturated heterocycles. The van der Waals surface area contributed by atoms with Gasteiger partial charge in [-0.1, -0.05) is 43.3 Å². The molecule has 0 bridgehead atoms. The van der Waals surface area contributed by atoms with Gasteiger partial charge in [0.25, 0.3) is 0 Å². The van der Waals surface area contributed by atoms with E-state index in [-0.39, 0.29) is 36.6 Å². The number of nitrogens with one attached hydrogen (secondary N) is 2. The first-order valence-electron chi connectivity index (χ1n) is 9.63. The summed E-state index contributed by atoms with van der Waals surface area (Å²) in [6.07, 6.45) is 1.14. The van der Waals surface area contributed by atoms with Crippen molar-refractivity contribution in [3.8, 4) is 0 Å². The Balaban J connectivity index is 0.00000225. The van der Waals surface area contributed by atoms with Gasteiger partial charge in [-0.15, -0.1) is 12.4 Å². The molecule has 2 amide bonds. The SMILES string of the molecule is CCc1ccccc1N1CC(C(=O)NCc2ccc3c(c2)CNC3)CC1=O.Cl. The number of fused-ring (bicyclic) bond motifs is 1. The third kappa shape index (κ3) is 4.05. The first kappa shape index (κ1) is 20.4. The number of aryl methyl sites for hydroxylation is 1. The number of carbonyl (C=O) groups excluding carboxylic acids is 2. The topological polar surface area (TPSA) is 61.4 Å². The van der Waals surface area contributed by atoms with E-state index >= 15 is 0 Å². The van der Waals surface area contributed by atoms with Crippen LogP contribution >= 0.6 is 12.4 Å². The summed E-state index contributed by atoms with van der Waals surface area (Å²) in [4.78, 5) is 26.9. The van der Waals surface area contributed by atoms with Gasteiger partial charge in [0.2, 0.25) is 11.8 Å². The van der Waals surface area contributed by atoms with Gasteiger partial charge < -0.3 is 15.5 Å². The molecule has 2 aliphatic rings. The minimum absolute atomic E-state index is 0. The molecule has 2 aromatic carbocycles. The number of carbonyl (C=O) groups is 2. The molecule has 0 aliphatic carbocycles. The van der Waals surface area contributed by atoms with Crippen LogP contribution in [0.5, 0.6) is 0 Å². The Bertz CT molecular complexity index is 884. The lowest BCUT2D eigenvalue weighted by Crippen LogP contribution is -2.32. The van der Waals surface area contributed by atoms with Crippen LogP contribution in [0.4, 0.5) is 5.69 Å². The number of anilines is 1. The highest BCUT2D eigenvalue weighted by Crippen LogP contribution is 2.28. The van der Waals surface area contributed by atoms with Crippen LogP contribution < -0.4 is 15.5 Å². The van der Waals surface area contributed by atoms with E-state index in [0.717, 1.165) is 36.3 Å². The van der Waals surface area contributed by atoms with Gasteiger partial charge in [0.1, 0.15) is 0 Å². The molecular weight excluding hydrogens is 374 g/mol. The lowest BCUT2D eigenvalue weighted by Gasteiger charge is -2.20. The molecule has 6 heteroatoms. The Morgan fingerprint density at radius 1 is 1.18 bits per heavy atom. The number of hydrogen-bond acceptors (Lipinski definition) is 3. The van der Waals surface area contributed by atoms with Crippen molar-refractivity contribution in [3.63, 3.8) is 0 Å². The van der Waals surface area contributed by atoms with Crippen LogP contribution in [0, 0.1) is 5.92 Å². The van der Waals surface area contributed by atoms with E-state index in [1.807, 2.05) is 24.3 Å². The number of nitrogens with zero attached hydrogens (tertiary/aromatic N) is 1. The monoisotopic (exact) mass is 399 g/mol. The zero-order valence-corrected chi connectivity index (χ0v) is 16.8. The largest absolute Gasteiger partial charge is 0.352 e. The summed E-state index contributed by atoms with van der Waals surface area (Å²) in [5.41, 5.74) is 5.81. The molecule has 0 spiro atoms. The van der Waals surface area contributed by atoms with Gasteiger partial charge in [0.15, 0.2) is 0 Å². The van der Waals surface area contributed by atoms with Crippen molar-refractivity contribution in [1.29, 1.82) is 0 Å². The Labute approximate surface area is 171 Å². The van der Waals surface area contributed by atoms with Crippen molar-refractivity contribution in [2.24, 2.45) is 5.92 Å². The predicted octanol–water partition coefficient (Wildman–Crippen LogP) is 2.94. The normalized spacial score (nSPS) is 18.0. The average Bonchev–Trinajstić information content (AvgIpc) is 3.32. The molecule has 1 unspecified atom stereocenters. The zero-order valence-electron chi connectivity index (χ0n) is 16.0. The maximum absolute atomic E-state index is 12.6. The Morgan fingerprint density at radius 3 is 2.79 bits per heavy atom. The molecule has 4 rings (SSSR count). The smallest absolute Gasteiger partial charge is 0.227 e. The molecule has 5 nitrogen and oxygen atoms in total. The fourth-order valence-corrected chi connectivity index (χ4v) is 3.98. The third-order valence-corrected chi connectivity index (χ3v) is 5.53. The van der Waals surface area contributed by atoms with Crippen LogP contribution in [0.15, 0.2) is 42.5 Å². The number of rotatable bonds is 5. The van der Waals surface area contributed by atoms with E-state index in [9.17, 15) is 9.59 Å². The summed E-state index contributed by atoms with van der Waals surface area (Å²) in [5, 5.41) is 6.34. The van der Waals surface area contributed by atoms with E-state index in [2.05, 4.69) is 35.8 Å². The molecular formula is C22H26ClN3O2. The first-order chi connectivity index (χ1) is 13.2. The molecule has 28 heavy (non-hydrogen) atoms. The number of amides is 2. The minimum Gasteiger partial charge on any atom is -0.352 e. The van der Waals surface area contributed by atoms with Crippen LogP contribution in [0.1, 0.15) is 35.6 Å². The summed E-state index contributed by atoms with van der Waals surface area (Å²) in [5.74, 6) is -0.309. The van der Waals surface area contributed by atoms with E-state index in [4.69, 9.17) is 0 Å². The number of benzene rings is 2. The quantitative estimate of drug-likeness (QED) is 0.812. The summed E-state index contributed by atoms with van der Waals surface area (Å²) in [6, 6.07) is 14.3. The van der Waals surface area contributed by atoms with Crippen LogP contribution in [-0.4, -0.2) is 18.4 Å². The molecule has 2 aromatic rings. The highest BCUT2D eigenvalue weighted by atomic mass is 35.5. The van der Waals surface area contributed by atoms with Gasteiger partial charge in [-0.3, -0.25) is 9.59 Å². The molecule has 0 saturated carbocycles. The van der Waals surface area contributed by atoms with Crippen LogP contribution in [0.2, 0.25) is 0 Å². The second kappa shape index (κ2) is 8.76. The molecule has 0 radical (unpaired) electrons. The highest BCUT2D eigenvalue weighted by molar-refractivity contribution is 6.00. The second-order valence-electron chi connectivity index (χ2n) is 7.31. The molecule has 2 N–H and O–H groups in total. The van der Waals surface area contributed by atoms with Crippen LogP contribution in [0.3, 0.4) is 0 Å². The van der Waals surface area contributed by atoms with E-state index in [1.54, 1.807) is 4.90 Å². The van der Waals surface area contributed by atoms with Gasteiger partial charge in [-0.25, -0.2) is 0 Å². The summed E-state index contributed by atoms with van der Waals surface area (Å²) < 4.78 is 0. The zero-order chi connectivity index (χ0) is 18.8. The summed E-state index contributed by atoms with van der Waals surface area (Å²) in [6.45, 7) is 4.84. The van der Waals surface area contributed by atoms with Gasteiger partial charge >= 0.3 is 0 Å². The van der Waals surface area contributed by atoms with Gasteiger partial charge in [0, 0.05) is 38.3 Å². The number of hydrogen-bond donors (Lipinski definition) is 2. The van der Waals surface area contributed by atoms with Crippen molar-refractivity contribution < 1.29 is 9.59 Å². The molecule has 148 valence electrons. The standard InChI is InChI=1S/C22H25N3O2.ClH/c1-2-16-5-3-4-6-20(16)25-14-19(10-21(25)26)22(27)24-11-15-7-8-17-12-23-13-18(17)9-15;/h3-9,19,23H,2,10-14H2,1H3,(H,24,27);1H. The lowest BCUT2D eigenvalue weighted by atomic mass is 10.1. The number of halogens is 1. The fraction of sp³-hybridized carbons (Fsp3) is 0.364. The van der Waals surface area contributed by atoms with E-state index < -0.39 is 0 Å². The van der Waals surface area contributed by atoms with Crippen molar-refractivity contribution in [2.45, 2.75) is 39.4 Å². The molecule has 1 fully saturated rings. The average molecular weight is 400 g/mol. The minimum atomic E-state index is -0.293. The molecule has 2 heterocycles. The van der Waals surface area contributed by atoms with Crippen molar-refractivity contribution in [3.05, 3.63) is 64.7 Å². The van der Waals surface area contributed by atoms with Gasteiger partial charge in [-0.2, -0.15) is 0 Å². The summed E-state index contributed by atoms with van der Waals surface area (Å²) >= 11 is 0. The van der Waals surface area contributed by atoms with Gasteiger partial charge in [0.05, 0.1) is 5.92 Å². The molecule has 2 aliphatic heterocycles. The third-order valence-electron chi connectivity index (χ3n) is 5.53. The first-order valence-corrected chi connectivity index (χ1v) is 9.63. The predicted molar refractivity (Wildman–Crippen MR) is 112 cm³/mol. The Kier molecular flexibility index (Phi) is 6.37. The van der Waals surface area contributed by atoms with Crippen molar-refractivity contribution in [1.82, 2.24) is 10.6 Å². The fourth-order valence-electron chi connectivity index (χ4n) is 3.98. The maximum atomic E-state index is 12.6. The van der Waals surface area contributed by atoms with E-state index in [0.29, 0.717) is 13.1 Å². The summed E-state index contributed by atoms with van der Waals surface area (Å²) in [7, 11) is 0.